The molecule has 11 heteroatoms. The van der Waals surface area contributed by atoms with E-state index in [1.165, 1.54) is 23.6 Å². The molecule has 34 heavy (non-hydrogen) atoms. The molecule has 4 aromatic rings. The standard InChI is InChI=1S/C23H20F3N5O2S/c1-11(2)5-14-9-18(29-28-14)23-31-30-20(34-23)4-3-19(32)17-6-12(10-27-17)22(33)21-15(25)7-13(24)8-16(21)26/h6-11,27H,3-5H2,1-2H3,(H,28,29). The highest BCUT2D eigenvalue weighted by Gasteiger charge is 2.22. The van der Waals surface area contributed by atoms with Crippen LogP contribution in [0.3, 0.4) is 0 Å². The lowest BCUT2D eigenvalue weighted by Gasteiger charge is -2.02. The molecule has 3 heterocycles. The van der Waals surface area contributed by atoms with Crippen LogP contribution < -0.4 is 0 Å². The number of aromatic amines is 2. The van der Waals surface area contributed by atoms with Crippen molar-refractivity contribution < 1.29 is 22.8 Å². The molecule has 2 N–H and O–H groups in total. The summed E-state index contributed by atoms with van der Waals surface area (Å²) in [5.41, 5.74) is 0.826. The summed E-state index contributed by atoms with van der Waals surface area (Å²) >= 11 is 1.33. The molecule has 0 aliphatic carbocycles. The minimum absolute atomic E-state index is 0.0845. The number of nitrogens with zero attached hydrogens (tertiary/aromatic N) is 3. The van der Waals surface area contributed by atoms with Gasteiger partial charge in [0.25, 0.3) is 0 Å². The van der Waals surface area contributed by atoms with Gasteiger partial charge < -0.3 is 4.98 Å². The number of carbonyl (C=O) groups is 2. The minimum atomic E-state index is -1.31. The summed E-state index contributed by atoms with van der Waals surface area (Å²) in [6, 6.07) is 4.01. The molecule has 0 saturated heterocycles. The smallest absolute Gasteiger partial charge is 0.200 e. The summed E-state index contributed by atoms with van der Waals surface area (Å²) in [5, 5.41) is 16.8. The van der Waals surface area contributed by atoms with Crippen molar-refractivity contribution in [2.45, 2.75) is 33.1 Å². The van der Waals surface area contributed by atoms with Gasteiger partial charge in [0, 0.05) is 42.4 Å². The molecule has 3 aromatic heterocycles. The van der Waals surface area contributed by atoms with E-state index in [0.29, 0.717) is 40.2 Å². The highest BCUT2D eigenvalue weighted by Crippen LogP contribution is 2.24. The number of ketones is 2. The van der Waals surface area contributed by atoms with E-state index in [9.17, 15) is 22.8 Å². The van der Waals surface area contributed by atoms with Crippen molar-refractivity contribution in [3.8, 4) is 10.7 Å². The van der Waals surface area contributed by atoms with Gasteiger partial charge in [-0.25, -0.2) is 13.2 Å². The summed E-state index contributed by atoms with van der Waals surface area (Å²) in [6.07, 6.45) is 2.46. The molecular weight excluding hydrogens is 467 g/mol. The molecule has 0 unspecified atom stereocenters. The molecule has 0 aliphatic heterocycles. The van der Waals surface area contributed by atoms with Gasteiger partial charge in [-0.15, -0.1) is 10.2 Å². The van der Waals surface area contributed by atoms with Gasteiger partial charge in [-0.1, -0.05) is 25.2 Å². The molecule has 0 amide bonds. The Kier molecular flexibility index (Phi) is 6.73. The maximum atomic E-state index is 13.9. The van der Waals surface area contributed by atoms with Gasteiger partial charge in [0.05, 0.1) is 11.3 Å². The van der Waals surface area contributed by atoms with E-state index in [0.717, 1.165) is 12.1 Å². The number of aryl methyl sites for hydroxylation is 1. The third-order valence-electron chi connectivity index (χ3n) is 4.99. The Morgan fingerprint density at radius 1 is 1.06 bits per heavy atom. The fourth-order valence-corrected chi connectivity index (χ4v) is 4.22. The van der Waals surface area contributed by atoms with Crippen molar-refractivity contribution in [3.63, 3.8) is 0 Å². The SMILES string of the molecule is CC(C)Cc1cc(-c2nnc(CCC(=O)c3cc(C(=O)c4c(F)cc(F)cc4F)c[nH]3)s2)n[nH]1. The lowest BCUT2D eigenvalue weighted by atomic mass is 10.0. The Bertz CT molecular complexity index is 1340. The van der Waals surface area contributed by atoms with Gasteiger partial charge in [-0.2, -0.15) is 5.10 Å². The first-order valence-electron chi connectivity index (χ1n) is 10.5. The Labute approximate surface area is 196 Å². The maximum Gasteiger partial charge on any atom is 0.200 e. The van der Waals surface area contributed by atoms with Crippen LogP contribution in [0, 0.1) is 23.4 Å². The van der Waals surface area contributed by atoms with E-state index in [1.54, 1.807) is 0 Å². The number of nitrogens with one attached hydrogen (secondary N) is 2. The summed E-state index contributed by atoms with van der Waals surface area (Å²) < 4.78 is 40.9. The molecule has 176 valence electrons. The topological polar surface area (TPSA) is 104 Å². The first kappa shape index (κ1) is 23.6. The summed E-state index contributed by atoms with van der Waals surface area (Å²) in [6.45, 7) is 4.23. The quantitative estimate of drug-likeness (QED) is 0.326. The summed E-state index contributed by atoms with van der Waals surface area (Å²) in [4.78, 5) is 27.7. The predicted molar refractivity (Wildman–Crippen MR) is 119 cm³/mol. The van der Waals surface area contributed by atoms with Crippen molar-refractivity contribution >= 4 is 22.9 Å². The Morgan fingerprint density at radius 3 is 2.50 bits per heavy atom. The number of benzene rings is 1. The third-order valence-corrected chi connectivity index (χ3v) is 6.00. The number of aromatic nitrogens is 5. The molecular formula is C23H20F3N5O2S. The molecule has 0 atom stereocenters. The molecule has 0 saturated carbocycles. The molecule has 4 rings (SSSR count). The van der Waals surface area contributed by atoms with Crippen LogP contribution in [0.1, 0.15) is 57.4 Å². The van der Waals surface area contributed by atoms with Crippen molar-refractivity contribution in [2.24, 2.45) is 5.92 Å². The van der Waals surface area contributed by atoms with E-state index in [1.807, 2.05) is 6.07 Å². The second-order valence-corrected chi connectivity index (χ2v) is 9.24. The van der Waals surface area contributed by atoms with E-state index in [-0.39, 0.29) is 23.5 Å². The third kappa shape index (κ3) is 5.14. The minimum Gasteiger partial charge on any atom is -0.358 e. The van der Waals surface area contributed by atoms with Crippen LogP contribution in [0.25, 0.3) is 10.7 Å². The van der Waals surface area contributed by atoms with E-state index in [2.05, 4.69) is 39.2 Å². The van der Waals surface area contributed by atoms with Gasteiger partial charge in [0.2, 0.25) is 0 Å². The largest absolute Gasteiger partial charge is 0.358 e. The van der Waals surface area contributed by atoms with Crippen LogP contribution >= 0.6 is 11.3 Å². The fourth-order valence-electron chi connectivity index (χ4n) is 3.42. The Balaban J connectivity index is 1.39. The summed E-state index contributed by atoms with van der Waals surface area (Å²) in [7, 11) is 0. The Morgan fingerprint density at radius 2 is 1.79 bits per heavy atom. The number of hydrogen-bond donors (Lipinski definition) is 2. The van der Waals surface area contributed by atoms with E-state index >= 15 is 0 Å². The number of Topliss-reactive ketones (excluding diaryl/α,β-unsaturated/α-hetero) is 1. The highest BCUT2D eigenvalue weighted by atomic mass is 32.1. The molecule has 0 bridgehead atoms. The van der Waals surface area contributed by atoms with Crippen LogP contribution in [0.2, 0.25) is 0 Å². The van der Waals surface area contributed by atoms with Crippen LogP contribution in [-0.2, 0) is 12.8 Å². The lowest BCUT2D eigenvalue weighted by molar-refractivity contribution is 0.0978. The van der Waals surface area contributed by atoms with Gasteiger partial charge >= 0.3 is 0 Å². The second kappa shape index (κ2) is 9.72. The van der Waals surface area contributed by atoms with Gasteiger partial charge in [-0.05, 0) is 24.5 Å². The number of rotatable bonds is 9. The maximum absolute atomic E-state index is 13.9. The van der Waals surface area contributed by atoms with E-state index in [4.69, 9.17) is 0 Å². The van der Waals surface area contributed by atoms with Gasteiger partial charge in [0.1, 0.15) is 28.2 Å². The normalized spacial score (nSPS) is 11.4. The summed E-state index contributed by atoms with van der Waals surface area (Å²) in [5.74, 6) is -4.56. The van der Waals surface area contributed by atoms with Crippen LogP contribution in [0.15, 0.2) is 30.5 Å². The molecule has 0 spiro atoms. The van der Waals surface area contributed by atoms with Crippen molar-refractivity contribution in [1.82, 2.24) is 25.4 Å². The molecule has 0 aliphatic rings. The monoisotopic (exact) mass is 487 g/mol. The zero-order valence-corrected chi connectivity index (χ0v) is 19.1. The average Bonchev–Trinajstić information content (AvgIpc) is 3.51. The number of H-pyrrole nitrogens is 2. The van der Waals surface area contributed by atoms with Crippen LogP contribution in [0.5, 0.6) is 0 Å². The predicted octanol–water partition coefficient (Wildman–Crippen LogP) is 4.92. The molecule has 0 fully saturated rings. The molecule has 0 radical (unpaired) electrons. The number of hydrogen-bond acceptors (Lipinski definition) is 6. The van der Waals surface area contributed by atoms with Crippen LogP contribution in [-0.4, -0.2) is 36.9 Å². The zero-order chi connectivity index (χ0) is 24.4. The number of halogens is 3. The first-order chi connectivity index (χ1) is 16.2. The van der Waals surface area contributed by atoms with Crippen LogP contribution in [0.4, 0.5) is 13.2 Å². The second-order valence-electron chi connectivity index (χ2n) is 8.18. The van der Waals surface area contributed by atoms with Gasteiger partial charge in [-0.3, -0.25) is 14.7 Å². The van der Waals surface area contributed by atoms with E-state index < -0.39 is 28.8 Å². The van der Waals surface area contributed by atoms with Gasteiger partial charge in [0.15, 0.2) is 16.6 Å². The number of carbonyl (C=O) groups excluding carboxylic acids is 2. The highest BCUT2D eigenvalue weighted by molar-refractivity contribution is 7.14. The van der Waals surface area contributed by atoms with Crippen molar-refractivity contribution in [3.05, 3.63) is 75.4 Å². The fraction of sp³-hybridized carbons (Fsp3) is 0.261. The molecule has 7 nitrogen and oxygen atoms in total. The zero-order valence-electron chi connectivity index (χ0n) is 18.3. The average molecular weight is 488 g/mol. The van der Waals surface area contributed by atoms with Crippen molar-refractivity contribution in [1.29, 1.82) is 0 Å². The Hall–Kier alpha value is -3.60. The molecule has 1 aromatic carbocycles. The van der Waals surface area contributed by atoms with Crippen molar-refractivity contribution in [2.75, 3.05) is 0 Å². The first-order valence-corrected chi connectivity index (χ1v) is 11.3. The lowest BCUT2D eigenvalue weighted by Crippen LogP contribution is -2.07.